The third-order valence-electron chi connectivity index (χ3n) is 8.54. The van der Waals surface area contributed by atoms with Crippen LogP contribution in [0.1, 0.15) is 67.8 Å². The quantitative estimate of drug-likeness (QED) is 0.547. The molecule has 1 aromatic heterocycles. The summed E-state index contributed by atoms with van der Waals surface area (Å²) in [6.45, 7) is 0.137. The highest BCUT2D eigenvalue weighted by atomic mass is 16.5. The van der Waals surface area contributed by atoms with E-state index in [1.165, 1.54) is 19.3 Å². The van der Waals surface area contributed by atoms with Gasteiger partial charge in [-0.25, -0.2) is 0 Å². The Morgan fingerprint density at radius 2 is 1.68 bits per heavy atom. The van der Waals surface area contributed by atoms with Crippen LogP contribution in [0, 0.1) is 0 Å². The standard InChI is InChI=1S/C30H35N3O4/c1-36-20-14-15-26(37-2)23(16-20)29-28-22(21-12-8-9-13-24(21)31-28)17-25-30(35)32(18-27(34)33(25)29)19-10-6-4-3-5-7-11-19/h8-9,12-16,19,25,29,31H,3-7,10-11,17-18H2,1-2H3/t25-,29-/m0/s1. The van der Waals surface area contributed by atoms with Gasteiger partial charge in [0.2, 0.25) is 11.8 Å². The molecule has 1 N–H and O–H groups in total. The van der Waals surface area contributed by atoms with Gasteiger partial charge in [-0.05, 0) is 42.7 Å². The van der Waals surface area contributed by atoms with Gasteiger partial charge >= 0.3 is 0 Å². The van der Waals surface area contributed by atoms with Crippen molar-refractivity contribution in [3.05, 3.63) is 59.3 Å². The Morgan fingerprint density at radius 3 is 2.43 bits per heavy atom. The number of ether oxygens (including phenoxy) is 2. The number of aromatic amines is 1. The predicted molar refractivity (Wildman–Crippen MR) is 142 cm³/mol. The van der Waals surface area contributed by atoms with Crippen molar-refractivity contribution in [2.24, 2.45) is 0 Å². The molecule has 0 bridgehead atoms. The van der Waals surface area contributed by atoms with E-state index in [4.69, 9.17) is 9.47 Å². The average molecular weight is 502 g/mol. The van der Waals surface area contributed by atoms with Crippen molar-refractivity contribution in [2.75, 3.05) is 20.8 Å². The Kier molecular flexibility index (Phi) is 6.31. The third kappa shape index (κ3) is 4.05. The summed E-state index contributed by atoms with van der Waals surface area (Å²) in [5.74, 6) is 1.42. The molecular formula is C30H35N3O4. The molecule has 6 rings (SSSR count). The SMILES string of the molecule is COc1ccc(OC)c([C@H]2c3[nH]c4ccccc4c3C[C@H]3C(=O)N(C4CCCCCCC4)CC(=O)N23)c1. The van der Waals surface area contributed by atoms with Crippen LogP contribution in [-0.4, -0.2) is 59.4 Å². The van der Waals surface area contributed by atoms with Gasteiger partial charge in [0.25, 0.3) is 0 Å². The monoisotopic (exact) mass is 501 g/mol. The molecule has 2 aromatic carbocycles. The van der Waals surface area contributed by atoms with Gasteiger partial charge < -0.3 is 24.3 Å². The Balaban J connectivity index is 1.48. The largest absolute Gasteiger partial charge is 0.497 e. The summed E-state index contributed by atoms with van der Waals surface area (Å²) in [4.78, 5) is 35.5. The molecule has 3 aliphatic rings. The molecule has 7 nitrogen and oxygen atoms in total. The fourth-order valence-corrected chi connectivity index (χ4v) is 6.72. The minimum atomic E-state index is -0.542. The van der Waals surface area contributed by atoms with Crippen molar-refractivity contribution in [3.8, 4) is 11.5 Å². The number of rotatable bonds is 4. The van der Waals surface area contributed by atoms with E-state index in [1.807, 2.05) is 40.1 Å². The molecule has 1 saturated heterocycles. The molecule has 0 unspecified atom stereocenters. The maximum absolute atomic E-state index is 14.2. The maximum atomic E-state index is 14.2. The van der Waals surface area contributed by atoms with Gasteiger partial charge in [0.15, 0.2) is 0 Å². The molecular weight excluding hydrogens is 466 g/mol. The summed E-state index contributed by atoms with van der Waals surface area (Å²) in [5.41, 5.74) is 3.88. The number of nitrogens with one attached hydrogen (secondary N) is 1. The van der Waals surface area contributed by atoms with Crippen molar-refractivity contribution in [3.63, 3.8) is 0 Å². The van der Waals surface area contributed by atoms with E-state index in [1.54, 1.807) is 14.2 Å². The number of carbonyl (C=O) groups excluding carboxylic acids is 2. The van der Waals surface area contributed by atoms with E-state index in [0.29, 0.717) is 17.9 Å². The lowest BCUT2D eigenvalue weighted by Crippen LogP contribution is -2.64. The topological polar surface area (TPSA) is 74.9 Å². The van der Waals surface area contributed by atoms with Gasteiger partial charge in [-0.15, -0.1) is 0 Å². The number of H-pyrrole nitrogens is 1. The molecule has 1 aliphatic carbocycles. The van der Waals surface area contributed by atoms with E-state index in [0.717, 1.165) is 53.4 Å². The molecule has 3 heterocycles. The van der Waals surface area contributed by atoms with Gasteiger partial charge in [-0.1, -0.05) is 50.3 Å². The highest BCUT2D eigenvalue weighted by Crippen LogP contribution is 2.46. The van der Waals surface area contributed by atoms with Crippen LogP contribution in [-0.2, 0) is 16.0 Å². The molecule has 194 valence electrons. The van der Waals surface area contributed by atoms with Crippen molar-refractivity contribution in [2.45, 2.75) is 69.5 Å². The van der Waals surface area contributed by atoms with Crippen LogP contribution in [0.25, 0.3) is 10.9 Å². The molecule has 2 amide bonds. The summed E-state index contributed by atoms with van der Waals surface area (Å²) >= 11 is 0. The number of aromatic nitrogens is 1. The Bertz CT molecular complexity index is 1320. The second-order valence-corrected chi connectivity index (χ2v) is 10.6. The molecule has 0 spiro atoms. The van der Waals surface area contributed by atoms with E-state index in [-0.39, 0.29) is 24.4 Å². The summed E-state index contributed by atoms with van der Waals surface area (Å²) in [6, 6.07) is 13.0. The summed E-state index contributed by atoms with van der Waals surface area (Å²) in [5, 5.41) is 1.10. The number of hydrogen-bond donors (Lipinski definition) is 1. The summed E-state index contributed by atoms with van der Waals surface area (Å²) < 4.78 is 11.3. The van der Waals surface area contributed by atoms with E-state index in [9.17, 15) is 9.59 Å². The maximum Gasteiger partial charge on any atom is 0.246 e. The zero-order valence-electron chi connectivity index (χ0n) is 21.7. The van der Waals surface area contributed by atoms with E-state index in [2.05, 4.69) is 17.1 Å². The zero-order chi connectivity index (χ0) is 25.5. The minimum Gasteiger partial charge on any atom is -0.497 e. The second kappa shape index (κ2) is 9.77. The molecule has 0 radical (unpaired) electrons. The lowest BCUT2D eigenvalue weighted by molar-refractivity contribution is -0.161. The third-order valence-corrected chi connectivity index (χ3v) is 8.54. The number of amides is 2. The normalized spacial score (nSPS) is 22.9. The first-order chi connectivity index (χ1) is 18.1. The van der Waals surface area contributed by atoms with Crippen LogP contribution < -0.4 is 9.47 Å². The van der Waals surface area contributed by atoms with Crippen LogP contribution in [0.3, 0.4) is 0 Å². The van der Waals surface area contributed by atoms with E-state index >= 15 is 0 Å². The smallest absolute Gasteiger partial charge is 0.246 e. The summed E-state index contributed by atoms with van der Waals surface area (Å²) in [6.07, 6.45) is 8.39. The van der Waals surface area contributed by atoms with Gasteiger partial charge in [-0.2, -0.15) is 0 Å². The average Bonchev–Trinajstić information content (AvgIpc) is 3.28. The zero-order valence-corrected chi connectivity index (χ0v) is 21.7. The highest BCUT2D eigenvalue weighted by molar-refractivity contribution is 5.98. The molecule has 7 heteroatoms. The van der Waals surface area contributed by atoms with Gasteiger partial charge in [0.1, 0.15) is 30.1 Å². The molecule has 3 aromatic rings. The molecule has 2 aliphatic heterocycles. The predicted octanol–water partition coefficient (Wildman–Crippen LogP) is 4.98. The first-order valence-electron chi connectivity index (χ1n) is 13.5. The van der Waals surface area contributed by atoms with Crippen LogP contribution in [0.5, 0.6) is 11.5 Å². The van der Waals surface area contributed by atoms with Crippen LogP contribution >= 0.6 is 0 Å². The fourth-order valence-electron chi connectivity index (χ4n) is 6.72. The number of nitrogens with zero attached hydrogens (tertiary/aromatic N) is 2. The van der Waals surface area contributed by atoms with Crippen molar-refractivity contribution in [1.82, 2.24) is 14.8 Å². The van der Waals surface area contributed by atoms with Crippen molar-refractivity contribution < 1.29 is 19.1 Å². The van der Waals surface area contributed by atoms with Crippen molar-refractivity contribution in [1.29, 1.82) is 0 Å². The summed E-state index contributed by atoms with van der Waals surface area (Å²) in [7, 11) is 3.27. The van der Waals surface area contributed by atoms with E-state index < -0.39 is 12.1 Å². The Hall–Kier alpha value is -3.48. The molecule has 37 heavy (non-hydrogen) atoms. The fraction of sp³-hybridized carbons (Fsp3) is 0.467. The number of methoxy groups -OCH3 is 2. The lowest BCUT2D eigenvalue weighted by Gasteiger charge is -2.49. The molecule has 1 saturated carbocycles. The van der Waals surface area contributed by atoms with Gasteiger partial charge in [-0.3, -0.25) is 9.59 Å². The minimum absolute atomic E-state index is 0.00848. The first-order valence-corrected chi connectivity index (χ1v) is 13.5. The van der Waals surface area contributed by atoms with Crippen LogP contribution in [0.2, 0.25) is 0 Å². The number of para-hydroxylation sites is 1. The number of hydrogen-bond acceptors (Lipinski definition) is 4. The second-order valence-electron chi connectivity index (χ2n) is 10.6. The highest BCUT2D eigenvalue weighted by Gasteiger charge is 2.50. The van der Waals surface area contributed by atoms with Crippen LogP contribution in [0.15, 0.2) is 42.5 Å². The van der Waals surface area contributed by atoms with Gasteiger partial charge in [0.05, 0.1) is 14.2 Å². The Morgan fingerprint density at radius 1 is 0.919 bits per heavy atom. The van der Waals surface area contributed by atoms with Crippen molar-refractivity contribution >= 4 is 22.7 Å². The number of benzene rings is 2. The molecule has 2 atom stereocenters. The number of fused-ring (bicyclic) bond motifs is 4. The van der Waals surface area contributed by atoms with Gasteiger partial charge in [0, 0.05) is 34.6 Å². The first kappa shape index (κ1) is 23.9. The Labute approximate surface area is 217 Å². The number of carbonyl (C=O) groups is 2. The molecule has 2 fully saturated rings. The van der Waals surface area contributed by atoms with Crippen LogP contribution in [0.4, 0.5) is 0 Å². The number of piperazine rings is 1. The lowest BCUT2D eigenvalue weighted by atomic mass is 9.85.